The summed E-state index contributed by atoms with van der Waals surface area (Å²) in [7, 11) is 0. The normalized spacial score (nSPS) is 25.9. The van der Waals surface area contributed by atoms with Crippen LogP contribution in [0.2, 0.25) is 0 Å². The van der Waals surface area contributed by atoms with Crippen molar-refractivity contribution >= 4 is 11.8 Å². The van der Waals surface area contributed by atoms with Crippen molar-refractivity contribution in [2.24, 2.45) is 11.3 Å². The van der Waals surface area contributed by atoms with E-state index in [-0.39, 0.29) is 23.1 Å². The van der Waals surface area contributed by atoms with E-state index in [2.05, 4.69) is 34.5 Å². The zero-order valence-corrected chi connectivity index (χ0v) is 12.5. The van der Waals surface area contributed by atoms with E-state index in [1.54, 1.807) is 0 Å². The van der Waals surface area contributed by atoms with Crippen LogP contribution in [0.25, 0.3) is 0 Å². The van der Waals surface area contributed by atoms with Crippen LogP contribution < -0.4 is 5.32 Å². The first-order valence-electron chi connectivity index (χ1n) is 7.69. The van der Waals surface area contributed by atoms with Gasteiger partial charge in [0.05, 0.1) is 0 Å². The minimum absolute atomic E-state index is 0.0610. The molecule has 4 heteroatoms. The van der Waals surface area contributed by atoms with E-state index in [0.29, 0.717) is 6.42 Å². The van der Waals surface area contributed by atoms with Gasteiger partial charge in [-0.15, -0.1) is 0 Å². The molecule has 2 aliphatic heterocycles. The Labute approximate surface area is 125 Å². The highest BCUT2D eigenvalue weighted by Crippen LogP contribution is 2.44. The summed E-state index contributed by atoms with van der Waals surface area (Å²) in [4.78, 5) is 26.0. The van der Waals surface area contributed by atoms with Crippen molar-refractivity contribution in [1.29, 1.82) is 0 Å². The second-order valence-electron chi connectivity index (χ2n) is 6.44. The number of carbonyl (C=O) groups is 2. The van der Waals surface area contributed by atoms with E-state index >= 15 is 0 Å². The highest BCUT2D eigenvalue weighted by atomic mass is 16.2. The van der Waals surface area contributed by atoms with Gasteiger partial charge in [0.15, 0.2) is 0 Å². The molecule has 112 valence electrons. The molecule has 1 spiro atoms. The number of carbonyl (C=O) groups excluding carboxylic acids is 2. The number of imide groups is 1. The number of amides is 2. The van der Waals surface area contributed by atoms with Gasteiger partial charge < -0.3 is 0 Å². The van der Waals surface area contributed by atoms with E-state index < -0.39 is 0 Å². The number of likely N-dealkylation sites (tertiary alicyclic amines) is 1. The molecule has 1 unspecified atom stereocenters. The fraction of sp³-hybridized carbons (Fsp3) is 0.529. The third-order valence-electron chi connectivity index (χ3n) is 5.19. The van der Waals surface area contributed by atoms with Gasteiger partial charge in [0.1, 0.15) is 0 Å². The number of benzene rings is 1. The minimum atomic E-state index is -0.118. The van der Waals surface area contributed by atoms with Crippen molar-refractivity contribution in [3.05, 3.63) is 35.9 Å². The van der Waals surface area contributed by atoms with Crippen molar-refractivity contribution in [1.82, 2.24) is 10.2 Å². The monoisotopic (exact) mass is 286 g/mol. The molecule has 1 aromatic rings. The largest absolute Gasteiger partial charge is 0.299 e. The van der Waals surface area contributed by atoms with E-state index in [9.17, 15) is 9.59 Å². The maximum atomic E-state index is 11.9. The van der Waals surface area contributed by atoms with E-state index in [4.69, 9.17) is 0 Å². The van der Waals surface area contributed by atoms with Gasteiger partial charge >= 0.3 is 0 Å². The van der Waals surface area contributed by atoms with E-state index in [1.807, 2.05) is 13.0 Å². The molecular weight excluding hydrogens is 264 g/mol. The Morgan fingerprint density at radius 1 is 1.19 bits per heavy atom. The average Bonchev–Trinajstić information content (AvgIpc) is 2.48. The molecule has 0 aromatic heterocycles. The van der Waals surface area contributed by atoms with Crippen LogP contribution in [0.3, 0.4) is 0 Å². The van der Waals surface area contributed by atoms with Crippen molar-refractivity contribution < 1.29 is 9.59 Å². The van der Waals surface area contributed by atoms with Crippen molar-refractivity contribution in [2.45, 2.75) is 32.7 Å². The van der Waals surface area contributed by atoms with E-state index in [0.717, 1.165) is 32.5 Å². The summed E-state index contributed by atoms with van der Waals surface area (Å²) in [6.45, 7) is 4.83. The first-order chi connectivity index (χ1) is 10.1. The van der Waals surface area contributed by atoms with Crippen molar-refractivity contribution in [3.63, 3.8) is 0 Å². The quantitative estimate of drug-likeness (QED) is 0.845. The minimum Gasteiger partial charge on any atom is -0.299 e. The third kappa shape index (κ3) is 2.86. The van der Waals surface area contributed by atoms with Crippen LogP contribution in [0.5, 0.6) is 0 Å². The summed E-state index contributed by atoms with van der Waals surface area (Å²) < 4.78 is 0. The molecule has 2 amide bonds. The molecule has 21 heavy (non-hydrogen) atoms. The third-order valence-corrected chi connectivity index (χ3v) is 5.19. The van der Waals surface area contributed by atoms with Gasteiger partial charge in [-0.1, -0.05) is 37.3 Å². The summed E-state index contributed by atoms with van der Waals surface area (Å²) in [5.74, 6) is -0.258. The molecule has 0 bridgehead atoms. The highest BCUT2D eigenvalue weighted by molar-refractivity contribution is 5.99. The Bertz CT molecular complexity index is 533. The molecule has 0 aliphatic carbocycles. The van der Waals surface area contributed by atoms with Crippen LogP contribution in [0.4, 0.5) is 0 Å². The predicted octanol–water partition coefficient (Wildman–Crippen LogP) is 1.95. The van der Waals surface area contributed by atoms with Gasteiger partial charge in [-0.05, 0) is 36.9 Å². The number of nitrogens with one attached hydrogen (secondary N) is 1. The number of nitrogens with zero attached hydrogens (tertiary/aromatic N) is 1. The second-order valence-corrected chi connectivity index (χ2v) is 6.44. The summed E-state index contributed by atoms with van der Waals surface area (Å²) in [5, 5.41) is 2.46. The van der Waals surface area contributed by atoms with Crippen LogP contribution in [-0.2, 0) is 16.1 Å². The summed E-state index contributed by atoms with van der Waals surface area (Å²) >= 11 is 0. The standard InChI is InChI=1S/C17H22N2O2/c1-13-16(21)18-15(20)11-17(13)7-9-19(10-8-17)12-14-5-3-2-4-6-14/h2-6,13H,7-12H2,1H3,(H,18,20,21). The molecule has 2 saturated heterocycles. The van der Waals surface area contributed by atoms with Crippen molar-refractivity contribution in [2.75, 3.05) is 13.1 Å². The van der Waals surface area contributed by atoms with Crippen LogP contribution >= 0.6 is 0 Å². The number of hydrogen-bond donors (Lipinski definition) is 1. The molecule has 0 radical (unpaired) electrons. The van der Waals surface area contributed by atoms with Crippen LogP contribution in [0.15, 0.2) is 30.3 Å². The predicted molar refractivity (Wildman–Crippen MR) is 80.3 cm³/mol. The zero-order valence-electron chi connectivity index (χ0n) is 12.5. The lowest BCUT2D eigenvalue weighted by Gasteiger charge is -2.46. The first-order valence-corrected chi connectivity index (χ1v) is 7.69. The molecule has 4 nitrogen and oxygen atoms in total. The SMILES string of the molecule is CC1C(=O)NC(=O)CC12CCN(Cc1ccccc1)CC2. The number of rotatable bonds is 2. The Balaban J connectivity index is 1.64. The molecule has 1 N–H and O–H groups in total. The Kier molecular flexibility index (Phi) is 3.81. The molecule has 3 rings (SSSR count). The van der Waals surface area contributed by atoms with E-state index in [1.165, 1.54) is 5.56 Å². The molecule has 1 atom stereocenters. The Hall–Kier alpha value is -1.68. The van der Waals surface area contributed by atoms with Gasteiger partial charge in [-0.25, -0.2) is 0 Å². The summed E-state index contributed by atoms with van der Waals surface area (Å²) in [6, 6.07) is 10.4. The molecule has 2 aliphatic rings. The Morgan fingerprint density at radius 2 is 1.86 bits per heavy atom. The summed E-state index contributed by atoms with van der Waals surface area (Å²) in [6.07, 6.45) is 2.36. The van der Waals surface area contributed by atoms with Gasteiger partial charge in [-0.3, -0.25) is 19.8 Å². The van der Waals surface area contributed by atoms with Crippen LogP contribution in [-0.4, -0.2) is 29.8 Å². The topological polar surface area (TPSA) is 49.4 Å². The summed E-state index contributed by atoms with van der Waals surface area (Å²) in [5.41, 5.74) is 1.20. The van der Waals surface area contributed by atoms with Crippen molar-refractivity contribution in [3.8, 4) is 0 Å². The van der Waals surface area contributed by atoms with Crippen LogP contribution in [0.1, 0.15) is 31.7 Å². The molecular formula is C17H22N2O2. The highest BCUT2D eigenvalue weighted by Gasteiger charge is 2.47. The maximum Gasteiger partial charge on any atom is 0.229 e. The lowest BCUT2D eigenvalue weighted by Crippen LogP contribution is -2.54. The zero-order chi connectivity index (χ0) is 14.9. The number of piperidine rings is 2. The smallest absolute Gasteiger partial charge is 0.229 e. The average molecular weight is 286 g/mol. The molecule has 0 saturated carbocycles. The lowest BCUT2D eigenvalue weighted by molar-refractivity contribution is -0.145. The van der Waals surface area contributed by atoms with Crippen LogP contribution in [0, 0.1) is 11.3 Å². The fourth-order valence-electron chi connectivity index (χ4n) is 3.65. The van der Waals surface area contributed by atoms with Gasteiger partial charge in [-0.2, -0.15) is 0 Å². The Morgan fingerprint density at radius 3 is 2.52 bits per heavy atom. The second kappa shape index (κ2) is 5.60. The first kappa shape index (κ1) is 14.3. The molecule has 1 aromatic carbocycles. The van der Waals surface area contributed by atoms with Gasteiger partial charge in [0, 0.05) is 18.9 Å². The van der Waals surface area contributed by atoms with Gasteiger partial charge in [0.2, 0.25) is 11.8 Å². The number of hydrogen-bond acceptors (Lipinski definition) is 3. The molecule has 2 fully saturated rings. The maximum absolute atomic E-state index is 11.9. The van der Waals surface area contributed by atoms with Gasteiger partial charge in [0.25, 0.3) is 0 Å². The lowest BCUT2D eigenvalue weighted by atomic mass is 9.65. The fourth-order valence-corrected chi connectivity index (χ4v) is 3.65. The molecule has 2 heterocycles.